The fraction of sp³-hybridized carbons (Fsp3) is 0.111. The summed E-state index contributed by atoms with van der Waals surface area (Å²) in [6.07, 6.45) is 3.31. The van der Waals surface area contributed by atoms with Crippen molar-refractivity contribution in [3.8, 4) is 16.5 Å². The maximum atomic E-state index is 11.3. The van der Waals surface area contributed by atoms with Crippen molar-refractivity contribution >= 4 is 34.7 Å². The van der Waals surface area contributed by atoms with Crippen molar-refractivity contribution in [2.45, 2.75) is 17.8 Å². The number of carbonyl (C=O) groups is 1. The van der Waals surface area contributed by atoms with Gasteiger partial charge in [0.25, 0.3) is 0 Å². The van der Waals surface area contributed by atoms with E-state index in [9.17, 15) is 4.79 Å². The second-order valence-electron chi connectivity index (χ2n) is 5.63. The molecule has 4 aromatic rings. The number of carbonyl (C=O) groups excluding carboxylic acids is 1. The summed E-state index contributed by atoms with van der Waals surface area (Å²) < 4.78 is 7.42. The molecule has 0 unspecified atom stereocenters. The van der Waals surface area contributed by atoms with Crippen LogP contribution in [0.5, 0.6) is 0 Å². The van der Waals surface area contributed by atoms with Crippen molar-refractivity contribution in [2.24, 2.45) is 0 Å². The van der Waals surface area contributed by atoms with Crippen LogP contribution < -0.4 is 5.32 Å². The Kier molecular flexibility index (Phi) is 5.03. The highest BCUT2D eigenvalue weighted by molar-refractivity contribution is 7.98. The number of oxazole rings is 1. The average Bonchev–Trinajstić information content (AvgIpc) is 3.39. The molecule has 7 nitrogen and oxygen atoms in total. The summed E-state index contributed by atoms with van der Waals surface area (Å²) in [5.74, 6) is 1.13. The molecule has 136 valence electrons. The Morgan fingerprint density at radius 3 is 3.07 bits per heavy atom. The molecule has 0 aliphatic heterocycles. The molecular formula is C18H15N5O2S2. The zero-order valence-electron chi connectivity index (χ0n) is 14.3. The first-order chi connectivity index (χ1) is 13.2. The lowest BCUT2D eigenvalue weighted by atomic mass is 10.2. The summed E-state index contributed by atoms with van der Waals surface area (Å²) in [6.45, 7) is 1.48. The minimum absolute atomic E-state index is 0.113. The van der Waals surface area contributed by atoms with Gasteiger partial charge in [-0.2, -0.15) is 0 Å². The number of hydrogen-bond donors (Lipinski definition) is 1. The van der Waals surface area contributed by atoms with Crippen molar-refractivity contribution in [3.05, 3.63) is 60.1 Å². The summed E-state index contributed by atoms with van der Waals surface area (Å²) in [4.78, 5) is 16.8. The summed E-state index contributed by atoms with van der Waals surface area (Å²) in [7, 11) is 0. The van der Waals surface area contributed by atoms with Crippen LogP contribution >= 0.6 is 23.1 Å². The quantitative estimate of drug-likeness (QED) is 0.490. The molecule has 0 fully saturated rings. The molecule has 3 aromatic heterocycles. The minimum atomic E-state index is -0.113. The van der Waals surface area contributed by atoms with Gasteiger partial charge in [-0.1, -0.05) is 23.9 Å². The van der Waals surface area contributed by atoms with Crippen molar-refractivity contribution in [1.82, 2.24) is 19.7 Å². The molecule has 0 saturated carbocycles. The third-order valence-electron chi connectivity index (χ3n) is 3.59. The Balaban J connectivity index is 1.49. The molecule has 3 heterocycles. The Morgan fingerprint density at radius 2 is 2.26 bits per heavy atom. The molecule has 9 heteroatoms. The SMILES string of the molecule is CC(=O)Nc1cccc(-n2cnnc2SCc2coc(-c3cccs3)n2)c1. The maximum absolute atomic E-state index is 11.3. The van der Waals surface area contributed by atoms with Gasteiger partial charge >= 0.3 is 0 Å². The van der Waals surface area contributed by atoms with Crippen molar-refractivity contribution in [3.63, 3.8) is 0 Å². The van der Waals surface area contributed by atoms with Gasteiger partial charge in [-0.25, -0.2) is 4.98 Å². The van der Waals surface area contributed by atoms with E-state index in [1.807, 2.05) is 46.3 Å². The zero-order valence-corrected chi connectivity index (χ0v) is 16.0. The van der Waals surface area contributed by atoms with Crippen LogP contribution in [0.2, 0.25) is 0 Å². The van der Waals surface area contributed by atoms with Crippen LogP contribution in [0.3, 0.4) is 0 Å². The van der Waals surface area contributed by atoms with Crippen molar-refractivity contribution < 1.29 is 9.21 Å². The fourth-order valence-electron chi connectivity index (χ4n) is 2.46. The number of thiophene rings is 1. The summed E-state index contributed by atoms with van der Waals surface area (Å²) in [5.41, 5.74) is 2.43. The highest BCUT2D eigenvalue weighted by Gasteiger charge is 2.12. The Bertz CT molecular complexity index is 1060. The van der Waals surface area contributed by atoms with E-state index in [1.54, 1.807) is 23.9 Å². The van der Waals surface area contributed by atoms with E-state index in [0.29, 0.717) is 11.6 Å². The molecule has 0 radical (unpaired) electrons. The molecule has 0 saturated heterocycles. The second-order valence-corrected chi connectivity index (χ2v) is 7.52. The lowest BCUT2D eigenvalue weighted by Gasteiger charge is -2.08. The molecule has 0 bridgehead atoms. The third kappa shape index (κ3) is 4.09. The molecule has 0 spiro atoms. The maximum Gasteiger partial charge on any atom is 0.236 e. The van der Waals surface area contributed by atoms with Gasteiger partial charge in [0.15, 0.2) is 5.16 Å². The van der Waals surface area contributed by atoms with E-state index >= 15 is 0 Å². The van der Waals surface area contributed by atoms with Gasteiger partial charge in [0.05, 0.1) is 16.3 Å². The molecule has 27 heavy (non-hydrogen) atoms. The van der Waals surface area contributed by atoms with Crippen LogP contribution in [0.1, 0.15) is 12.6 Å². The number of anilines is 1. The van der Waals surface area contributed by atoms with E-state index in [-0.39, 0.29) is 5.91 Å². The van der Waals surface area contributed by atoms with Gasteiger partial charge in [0.1, 0.15) is 12.6 Å². The number of amides is 1. The monoisotopic (exact) mass is 397 g/mol. The summed E-state index contributed by atoms with van der Waals surface area (Å²) in [6, 6.07) is 11.5. The third-order valence-corrected chi connectivity index (χ3v) is 5.43. The Morgan fingerprint density at radius 1 is 1.33 bits per heavy atom. The molecule has 1 aromatic carbocycles. The van der Waals surface area contributed by atoms with Gasteiger partial charge in [-0.15, -0.1) is 21.5 Å². The Hall–Kier alpha value is -2.91. The molecule has 1 amide bonds. The second kappa shape index (κ2) is 7.77. The fourth-order valence-corrected chi connectivity index (χ4v) is 3.92. The molecular weight excluding hydrogens is 382 g/mol. The van der Waals surface area contributed by atoms with Crippen LogP contribution in [-0.4, -0.2) is 25.7 Å². The van der Waals surface area contributed by atoms with Crippen LogP contribution in [0.15, 0.2) is 63.9 Å². The summed E-state index contributed by atoms with van der Waals surface area (Å²) in [5, 5.41) is 13.7. The highest BCUT2D eigenvalue weighted by Crippen LogP contribution is 2.27. The number of aromatic nitrogens is 4. The molecule has 4 rings (SSSR count). The first-order valence-corrected chi connectivity index (χ1v) is 9.95. The highest BCUT2D eigenvalue weighted by atomic mass is 32.2. The number of benzene rings is 1. The topological polar surface area (TPSA) is 85.8 Å². The number of hydrogen-bond acceptors (Lipinski definition) is 7. The predicted octanol–water partition coefficient (Wildman–Crippen LogP) is 4.23. The normalized spacial score (nSPS) is 10.9. The number of nitrogens with one attached hydrogen (secondary N) is 1. The standard InChI is InChI=1S/C18H15N5O2S2/c1-12(24)20-13-4-2-5-15(8-13)23-11-19-22-18(23)27-10-14-9-25-17(21-14)16-6-3-7-26-16/h2-9,11H,10H2,1H3,(H,20,24). The smallest absolute Gasteiger partial charge is 0.236 e. The van der Waals surface area contributed by atoms with E-state index in [1.165, 1.54) is 18.7 Å². The zero-order chi connectivity index (χ0) is 18.6. The van der Waals surface area contributed by atoms with Gasteiger partial charge in [-0.3, -0.25) is 9.36 Å². The lowest BCUT2D eigenvalue weighted by Crippen LogP contribution is -2.06. The van der Waals surface area contributed by atoms with Crippen molar-refractivity contribution in [1.29, 1.82) is 0 Å². The predicted molar refractivity (Wildman–Crippen MR) is 105 cm³/mol. The number of thioether (sulfide) groups is 1. The van der Waals surface area contributed by atoms with Crippen molar-refractivity contribution in [2.75, 3.05) is 5.32 Å². The van der Waals surface area contributed by atoms with Crippen LogP contribution in [0.25, 0.3) is 16.5 Å². The van der Waals surface area contributed by atoms with E-state index in [2.05, 4.69) is 20.5 Å². The van der Waals surface area contributed by atoms with E-state index in [4.69, 9.17) is 4.42 Å². The first-order valence-electron chi connectivity index (χ1n) is 8.08. The molecule has 1 N–H and O–H groups in total. The molecule has 0 aliphatic carbocycles. The molecule has 0 atom stereocenters. The van der Waals surface area contributed by atoms with Crippen LogP contribution in [0.4, 0.5) is 5.69 Å². The number of nitrogens with zero attached hydrogens (tertiary/aromatic N) is 4. The van der Waals surface area contributed by atoms with Crippen LogP contribution in [-0.2, 0) is 10.5 Å². The van der Waals surface area contributed by atoms with Gasteiger partial charge in [0.2, 0.25) is 11.8 Å². The van der Waals surface area contributed by atoms with Gasteiger partial charge in [-0.05, 0) is 29.6 Å². The Labute approximate surface area is 163 Å². The summed E-state index contributed by atoms with van der Waals surface area (Å²) >= 11 is 3.11. The van der Waals surface area contributed by atoms with Gasteiger partial charge in [0, 0.05) is 18.4 Å². The minimum Gasteiger partial charge on any atom is -0.444 e. The lowest BCUT2D eigenvalue weighted by molar-refractivity contribution is -0.114. The van der Waals surface area contributed by atoms with E-state index in [0.717, 1.165) is 27.1 Å². The first kappa shape index (κ1) is 17.5. The largest absolute Gasteiger partial charge is 0.444 e. The van der Waals surface area contributed by atoms with Gasteiger partial charge < -0.3 is 9.73 Å². The number of rotatable bonds is 6. The van der Waals surface area contributed by atoms with Crippen LogP contribution in [0, 0.1) is 0 Å². The van der Waals surface area contributed by atoms with E-state index < -0.39 is 0 Å². The average molecular weight is 397 g/mol. The molecule has 0 aliphatic rings.